The Labute approximate surface area is 70.5 Å². The summed E-state index contributed by atoms with van der Waals surface area (Å²) in [5, 5.41) is 10.2. The molecule has 0 aliphatic rings. The van der Waals surface area contributed by atoms with Crippen LogP contribution in [-0.4, -0.2) is 25.9 Å². The van der Waals surface area contributed by atoms with Gasteiger partial charge in [0.25, 0.3) is 5.91 Å². The van der Waals surface area contributed by atoms with Crippen molar-refractivity contribution in [1.29, 1.82) is 0 Å². The van der Waals surface area contributed by atoms with Gasteiger partial charge in [0.15, 0.2) is 11.5 Å². The molecule has 1 aromatic heterocycles. The molecule has 1 rings (SSSR count). The topological polar surface area (TPSA) is 118 Å². The highest BCUT2D eigenvalue weighted by molar-refractivity contribution is 6.99. The van der Waals surface area contributed by atoms with Crippen LogP contribution in [0.25, 0.3) is 0 Å². The van der Waals surface area contributed by atoms with Gasteiger partial charge in [-0.15, -0.1) is 0 Å². The van der Waals surface area contributed by atoms with Crippen molar-refractivity contribution in [3.63, 3.8) is 0 Å². The first-order valence-electron chi connectivity index (χ1n) is 2.73. The predicted molar refractivity (Wildman–Crippen MR) is 40.1 cm³/mol. The number of carbonyl (C=O) groups excluding carboxylic acids is 1. The number of carbonyl (C=O) groups is 2. The Kier molecular flexibility index (Phi) is 2.19. The summed E-state index contributed by atoms with van der Waals surface area (Å²) in [7, 11) is 0. The lowest BCUT2D eigenvalue weighted by molar-refractivity contribution is 0.0997. The average Bonchev–Trinajstić information content (AvgIpc) is 2.33. The van der Waals surface area contributed by atoms with Crippen molar-refractivity contribution in [1.82, 2.24) is 8.75 Å². The fourth-order valence-electron chi connectivity index (χ4n) is 0.534. The van der Waals surface area contributed by atoms with Gasteiger partial charge >= 0.3 is 6.09 Å². The highest BCUT2D eigenvalue weighted by atomic mass is 32.1. The third kappa shape index (κ3) is 1.66. The van der Waals surface area contributed by atoms with Crippen LogP contribution in [-0.2, 0) is 0 Å². The molecule has 0 aliphatic heterocycles. The number of anilines is 1. The molecule has 0 saturated heterocycles. The molecule has 0 bridgehead atoms. The van der Waals surface area contributed by atoms with E-state index in [1.807, 2.05) is 5.32 Å². The molecule has 0 aliphatic carbocycles. The number of nitrogens with one attached hydrogen (secondary N) is 1. The van der Waals surface area contributed by atoms with Crippen molar-refractivity contribution in [3.05, 3.63) is 5.69 Å². The van der Waals surface area contributed by atoms with E-state index in [9.17, 15) is 9.59 Å². The summed E-state index contributed by atoms with van der Waals surface area (Å²) < 4.78 is 7.01. The maximum atomic E-state index is 10.6. The monoisotopic (exact) mass is 188 g/mol. The fraction of sp³-hybridized carbons (Fsp3) is 0. The van der Waals surface area contributed by atoms with Crippen LogP contribution in [0.15, 0.2) is 0 Å². The quantitative estimate of drug-likeness (QED) is 0.590. The molecule has 7 nitrogen and oxygen atoms in total. The van der Waals surface area contributed by atoms with Crippen molar-refractivity contribution >= 4 is 29.5 Å². The molecule has 0 radical (unpaired) electrons. The van der Waals surface area contributed by atoms with Gasteiger partial charge in [0, 0.05) is 0 Å². The second-order valence-electron chi connectivity index (χ2n) is 1.76. The third-order valence-electron chi connectivity index (χ3n) is 0.947. The van der Waals surface area contributed by atoms with E-state index in [1.165, 1.54) is 0 Å². The van der Waals surface area contributed by atoms with Gasteiger partial charge in [0.1, 0.15) is 0 Å². The number of carboxylic acid groups (broad SMARTS) is 1. The van der Waals surface area contributed by atoms with Crippen LogP contribution >= 0.6 is 11.7 Å². The summed E-state index contributed by atoms with van der Waals surface area (Å²) in [6.07, 6.45) is -1.31. The predicted octanol–water partition coefficient (Wildman–Crippen LogP) is -0.273. The van der Waals surface area contributed by atoms with E-state index in [1.54, 1.807) is 0 Å². The second-order valence-corrected chi connectivity index (χ2v) is 2.28. The van der Waals surface area contributed by atoms with E-state index >= 15 is 0 Å². The molecular formula is C4H4N4O3S. The summed E-state index contributed by atoms with van der Waals surface area (Å²) >= 11 is 0.710. The van der Waals surface area contributed by atoms with Gasteiger partial charge in [0.05, 0.1) is 11.7 Å². The molecule has 2 amide bonds. The average molecular weight is 188 g/mol. The Morgan fingerprint density at radius 1 is 1.50 bits per heavy atom. The van der Waals surface area contributed by atoms with Gasteiger partial charge in [-0.1, -0.05) is 0 Å². The lowest BCUT2D eigenvalue weighted by atomic mass is 10.4. The first-order chi connectivity index (χ1) is 5.61. The largest absolute Gasteiger partial charge is 0.465 e. The Bertz CT molecular complexity index is 322. The zero-order chi connectivity index (χ0) is 9.14. The first kappa shape index (κ1) is 8.40. The Hall–Kier alpha value is -1.70. The van der Waals surface area contributed by atoms with Crippen molar-refractivity contribution in [3.8, 4) is 0 Å². The van der Waals surface area contributed by atoms with Crippen molar-refractivity contribution in [2.75, 3.05) is 5.32 Å². The lowest BCUT2D eigenvalue weighted by Gasteiger charge is -1.94. The molecule has 1 heterocycles. The van der Waals surface area contributed by atoms with Crippen LogP contribution in [0.2, 0.25) is 0 Å². The van der Waals surface area contributed by atoms with E-state index in [0.29, 0.717) is 11.7 Å². The van der Waals surface area contributed by atoms with E-state index in [-0.39, 0.29) is 11.5 Å². The molecular weight excluding hydrogens is 184 g/mol. The standard InChI is InChI=1S/C4H4N4O3S/c5-2(9)1-3(6-4(10)11)8-12-7-1/h(H2,5,9)(H,6,8)(H,10,11). The second kappa shape index (κ2) is 3.13. The molecule has 0 fully saturated rings. The summed E-state index contributed by atoms with van der Waals surface area (Å²) in [6.45, 7) is 0. The lowest BCUT2D eigenvalue weighted by Crippen LogP contribution is -2.16. The third-order valence-corrected chi connectivity index (χ3v) is 1.48. The van der Waals surface area contributed by atoms with Crippen molar-refractivity contribution in [2.45, 2.75) is 0 Å². The van der Waals surface area contributed by atoms with E-state index in [2.05, 4.69) is 8.75 Å². The smallest absolute Gasteiger partial charge is 0.410 e. The van der Waals surface area contributed by atoms with Crippen LogP contribution in [0.4, 0.5) is 10.6 Å². The molecule has 0 saturated carbocycles. The van der Waals surface area contributed by atoms with Gasteiger partial charge in [0.2, 0.25) is 0 Å². The summed E-state index contributed by atoms with van der Waals surface area (Å²) in [5.74, 6) is -0.937. The fourth-order valence-corrected chi connectivity index (χ4v) is 1.05. The van der Waals surface area contributed by atoms with E-state index in [4.69, 9.17) is 10.8 Å². The zero-order valence-electron chi connectivity index (χ0n) is 5.64. The van der Waals surface area contributed by atoms with Gasteiger partial charge < -0.3 is 10.8 Å². The SMILES string of the molecule is NC(=O)c1nsnc1NC(=O)O. The van der Waals surface area contributed by atoms with E-state index in [0.717, 1.165) is 0 Å². The number of rotatable bonds is 2. The van der Waals surface area contributed by atoms with Crippen molar-refractivity contribution < 1.29 is 14.7 Å². The number of hydrogen-bond donors (Lipinski definition) is 3. The maximum absolute atomic E-state index is 10.6. The minimum Gasteiger partial charge on any atom is -0.465 e. The van der Waals surface area contributed by atoms with Crippen molar-refractivity contribution in [2.24, 2.45) is 5.73 Å². The van der Waals surface area contributed by atoms with E-state index < -0.39 is 12.0 Å². The molecule has 0 aromatic carbocycles. The van der Waals surface area contributed by atoms with Gasteiger partial charge in [-0.25, -0.2) is 4.79 Å². The number of nitrogens with zero attached hydrogens (tertiary/aromatic N) is 2. The minimum atomic E-state index is -1.31. The first-order valence-corrected chi connectivity index (χ1v) is 3.46. The number of amides is 2. The van der Waals surface area contributed by atoms with Gasteiger partial charge in [-0.2, -0.15) is 8.75 Å². The van der Waals surface area contributed by atoms with Crippen LogP contribution < -0.4 is 11.1 Å². The number of nitrogens with two attached hydrogens (primary N) is 1. The zero-order valence-corrected chi connectivity index (χ0v) is 6.46. The molecule has 64 valence electrons. The van der Waals surface area contributed by atoms with Crippen LogP contribution in [0.5, 0.6) is 0 Å². The van der Waals surface area contributed by atoms with Crippen LogP contribution in [0.1, 0.15) is 10.5 Å². The highest BCUT2D eigenvalue weighted by Crippen LogP contribution is 2.10. The van der Waals surface area contributed by atoms with Crippen LogP contribution in [0.3, 0.4) is 0 Å². The molecule has 0 spiro atoms. The molecule has 1 aromatic rings. The molecule has 12 heavy (non-hydrogen) atoms. The summed E-state index contributed by atoms with van der Waals surface area (Å²) in [6, 6.07) is 0. The summed E-state index contributed by atoms with van der Waals surface area (Å²) in [5.41, 5.74) is 4.70. The van der Waals surface area contributed by atoms with Crippen LogP contribution in [0, 0.1) is 0 Å². The molecule has 0 unspecified atom stereocenters. The summed E-state index contributed by atoms with van der Waals surface area (Å²) in [4.78, 5) is 20.7. The normalized spacial score (nSPS) is 9.33. The number of primary amides is 1. The Balaban J connectivity index is 2.91. The van der Waals surface area contributed by atoms with Gasteiger partial charge in [-0.05, 0) is 0 Å². The molecule has 0 atom stereocenters. The Morgan fingerprint density at radius 2 is 2.17 bits per heavy atom. The minimum absolute atomic E-state index is 0.125. The number of hydrogen-bond acceptors (Lipinski definition) is 5. The van der Waals surface area contributed by atoms with Gasteiger partial charge in [-0.3, -0.25) is 10.1 Å². The number of aromatic nitrogens is 2. The molecule has 4 N–H and O–H groups in total. The molecule has 8 heteroatoms. The highest BCUT2D eigenvalue weighted by Gasteiger charge is 2.14. The maximum Gasteiger partial charge on any atom is 0.410 e. The Morgan fingerprint density at radius 3 is 2.67 bits per heavy atom.